The lowest BCUT2D eigenvalue weighted by molar-refractivity contribution is 0.261. The van der Waals surface area contributed by atoms with E-state index < -0.39 is 0 Å². The second-order valence-corrected chi connectivity index (χ2v) is 8.91. The summed E-state index contributed by atoms with van der Waals surface area (Å²) in [6.07, 6.45) is 1.54. The molecule has 0 radical (unpaired) electrons. The lowest BCUT2D eigenvalue weighted by Gasteiger charge is -2.11. The summed E-state index contributed by atoms with van der Waals surface area (Å²) in [5.74, 6) is 1.24. The molecule has 6 nitrogen and oxygen atoms in total. The zero-order valence-electron chi connectivity index (χ0n) is 19.8. The topological polar surface area (TPSA) is 73.7 Å². The number of ether oxygens (including phenoxy) is 1. The largest absolute Gasteiger partial charge is 0.492 e. The van der Waals surface area contributed by atoms with Crippen molar-refractivity contribution in [3.05, 3.63) is 83.7 Å². The predicted octanol–water partition coefficient (Wildman–Crippen LogP) is 5.61. The normalized spacial score (nSPS) is 14.0. The molecule has 1 aromatic heterocycles. The Morgan fingerprint density at radius 3 is 2.40 bits per heavy atom. The summed E-state index contributed by atoms with van der Waals surface area (Å²) in [6.45, 7) is 1.46. The Bertz CT molecular complexity index is 1360. The van der Waals surface area contributed by atoms with Crippen molar-refractivity contribution in [3.8, 4) is 39.7 Å². The molecule has 3 aromatic carbocycles. The molecule has 0 saturated heterocycles. The monoisotopic (exact) mass is 470 g/mol. The van der Waals surface area contributed by atoms with Gasteiger partial charge in [0.15, 0.2) is 0 Å². The van der Waals surface area contributed by atoms with Crippen LogP contribution in [0.5, 0.6) is 5.75 Å². The van der Waals surface area contributed by atoms with E-state index in [0.717, 1.165) is 70.2 Å². The average Bonchev–Trinajstić information content (AvgIpc) is 3.49. The molecule has 0 fully saturated rings. The third-order valence-electron chi connectivity index (χ3n) is 6.21. The van der Waals surface area contributed by atoms with Crippen LogP contribution in [-0.2, 0) is 6.42 Å². The lowest BCUT2D eigenvalue weighted by atomic mass is 10.0. The number of likely N-dealkylation sites (N-methyl/N-ethyl adjacent to an activating group) is 1. The van der Waals surface area contributed by atoms with Gasteiger partial charge in [-0.15, -0.1) is 0 Å². The fourth-order valence-corrected chi connectivity index (χ4v) is 4.32. The fraction of sp³-hybridized carbons (Fsp3) is 0.214. The summed E-state index contributed by atoms with van der Waals surface area (Å²) in [5.41, 5.74) is 7.14. The lowest BCUT2D eigenvalue weighted by Crippen LogP contribution is -2.19. The van der Waals surface area contributed by atoms with Gasteiger partial charge in [-0.3, -0.25) is 0 Å². The molecule has 5 rings (SSSR count). The molecule has 1 heterocycles. The Hall–Kier alpha value is -3.97. The predicted molar refractivity (Wildman–Crippen MR) is 136 cm³/mol. The van der Waals surface area contributed by atoms with Gasteiger partial charge in [-0.05, 0) is 87.1 Å². The molecule has 178 valence electrons. The minimum Gasteiger partial charge on any atom is -0.492 e. The second-order valence-electron chi connectivity index (χ2n) is 8.91. The minimum atomic E-state index is -0.284. The van der Waals surface area contributed by atoms with E-state index in [1.807, 2.05) is 50.5 Å². The van der Waals surface area contributed by atoms with E-state index in [2.05, 4.69) is 21.1 Å². The van der Waals surface area contributed by atoms with Crippen LogP contribution in [-0.4, -0.2) is 53.0 Å². The van der Waals surface area contributed by atoms with Crippen LogP contribution in [0.25, 0.3) is 33.9 Å². The molecule has 0 atom stereocenters. The SMILES string of the molecule is CN(C)CCOc1ccc(-c2nc(-c3ccc4c(c3)CC/C4=N\O)c(-c3ccc(F)cc3)[nH]2)cc1. The van der Waals surface area contributed by atoms with Crippen LogP contribution in [0.1, 0.15) is 17.5 Å². The number of hydrogen-bond donors (Lipinski definition) is 2. The Balaban J connectivity index is 1.51. The number of aromatic nitrogens is 2. The number of nitrogens with zero attached hydrogens (tertiary/aromatic N) is 3. The third kappa shape index (κ3) is 4.81. The molecule has 0 saturated carbocycles. The number of halogens is 1. The van der Waals surface area contributed by atoms with Gasteiger partial charge in [-0.25, -0.2) is 9.37 Å². The summed E-state index contributed by atoms with van der Waals surface area (Å²) in [4.78, 5) is 10.5. The molecule has 7 heteroatoms. The van der Waals surface area contributed by atoms with Gasteiger partial charge >= 0.3 is 0 Å². The third-order valence-corrected chi connectivity index (χ3v) is 6.21. The smallest absolute Gasteiger partial charge is 0.138 e. The van der Waals surface area contributed by atoms with E-state index >= 15 is 0 Å². The fourth-order valence-electron chi connectivity index (χ4n) is 4.32. The number of rotatable bonds is 7. The van der Waals surface area contributed by atoms with Crippen molar-refractivity contribution in [1.29, 1.82) is 0 Å². The van der Waals surface area contributed by atoms with Crippen molar-refractivity contribution in [1.82, 2.24) is 14.9 Å². The van der Waals surface area contributed by atoms with E-state index in [1.54, 1.807) is 12.1 Å². The van der Waals surface area contributed by atoms with Crippen molar-refractivity contribution < 1.29 is 14.3 Å². The van der Waals surface area contributed by atoms with Crippen LogP contribution >= 0.6 is 0 Å². The van der Waals surface area contributed by atoms with Gasteiger partial charge in [-0.2, -0.15) is 0 Å². The summed E-state index contributed by atoms with van der Waals surface area (Å²) in [5, 5.41) is 12.7. The number of hydrogen-bond acceptors (Lipinski definition) is 5. The van der Waals surface area contributed by atoms with Crippen LogP contribution < -0.4 is 4.74 Å². The standard InChI is InChI=1S/C28H27FN4O2/c1-33(2)15-16-35-23-11-5-19(6-12-23)28-30-26(18-3-9-22(29)10-4-18)27(31-28)21-7-13-24-20(17-21)8-14-25(24)32-34/h3-7,9-13,17,34H,8,14-16H2,1-2H3,(H,30,31)/b32-25+. The average molecular weight is 471 g/mol. The zero-order chi connectivity index (χ0) is 24.4. The van der Waals surface area contributed by atoms with Gasteiger partial charge in [-0.1, -0.05) is 17.3 Å². The van der Waals surface area contributed by atoms with Crippen LogP contribution in [0.4, 0.5) is 4.39 Å². The minimum absolute atomic E-state index is 0.284. The molecule has 0 spiro atoms. The van der Waals surface area contributed by atoms with Crippen LogP contribution in [0.3, 0.4) is 0 Å². The maximum absolute atomic E-state index is 13.6. The van der Waals surface area contributed by atoms with Crippen molar-refractivity contribution in [3.63, 3.8) is 0 Å². The molecule has 1 aliphatic rings. The number of H-pyrrole nitrogens is 1. The number of imidazole rings is 1. The highest BCUT2D eigenvalue weighted by Crippen LogP contribution is 2.36. The summed E-state index contributed by atoms with van der Waals surface area (Å²) in [7, 11) is 4.03. The van der Waals surface area contributed by atoms with Gasteiger partial charge < -0.3 is 19.8 Å². The summed E-state index contributed by atoms with van der Waals surface area (Å²) in [6, 6.07) is 20.3. The van der Waals surface area contributed by atoms with Gasteiger partial charge in [0.2, 0.25) is 0 Å². The molecule has 35 heavy (non-hydrogen) atoms. The molecule has 0 unspecified atom stereocenters. The first kappa shape index (κ1) is 22.8. The second kappa shape index (κ2) is 9.72. The molecule has 0 amide bonds. The van der Waals surface area contributed by atoms with Crippen molar-refractivity contribution in [2.24, 2.45) is 5.16 Å². The van der Waals surface area contributed by atoms with Crippen molar-refractivity contribution in [2.45, 2.75) is 12.8 Å². The maximum Gasteiger partial charge on any atom is 0.138 e. The summed E-state index contributed by atoms with van der Waals surface area (Å²) >= 11 is 0. The number of nitrogens with one attached hydrogen (secondary N) is 1. The van der Waals surface area contributed by atoms with Gasteiger partial charge in [0.05, 0.1) is 17.1 Å². The van der Waals surface area contributed by atoms with E-state index in [-0.39, 0.29) is 5.82 Å². The Labute approximate surface area is 203 Å². The van der Waals surface area contributed by atoms with Gasteiger partial charge in [0.1, 0.15) is 24.0 Å². The Kier molecular flexibility index (Phi) is 6.33. The van der Waals surface area contributed by atoms with Gasteiger partial charge in [0, 0.05) is 28.8 Å². The first-order chi connectivity index (χ1) is 17.0. The van der Waals surface area contributed by atoms with E-state index in [1.165, 1.54) is 12.1 Å². The maximum atomic E-state index is 13.6. The Morgan fingerprint density at radius 2 is 1.69 bits per heavy atom. The number of fused-ring (bicyclic) bond motifs is 1. The molecular weight excluding hydrogens is 443 g/mol. The van der Waals surface area contributed by atoms with Crippen LogP contribution in [0, 0.1) is 5.82 Å². The van der Waals surface area contributed by atoms with Crippen LogP contribution in [0.2, 0.25) is 0 Å². The number of oxime groups is 1. The molecular formula is C28H27FN4O2. The molecule has 4 aromatic rings. The van der Waals surface area contributed by atoms with E-state index in [0.29, 0.717) is 12.3 Å². The van der Waals surface area contributed by atoms with Crippen LogP contribution in [0.15, 0.2) is 71.9 Å². The highest BCUT2D eigenvalue weighted by molar-refractivity contribution is 6.04. The first-order valence-corrected chi connectivity index (χ1v) is 11.6. The van der Waals surface area contributed by atoms with Crippen molar-refractivity contribution >= 4 is 5.71 Å². The highest BCUT2D eigenvalue weighted by atomic mass is 19.1. The zero-order valence-corrected chi connectivity index (χ0v) is 19.8. The first-order valence-electron chi connectivity index (χ1n) is 11.6. The van der Waals surface area contributed by atoms with Crippen molar-refractivity contribution in [2.75, 3.05) is 27.2 Å². The molecule has 0 aliphatic heterocycles. The number of aromatic amines is 1. The van der Waals surface area contributed by atoms with E-state index in [9.17, 15) is 9.60 Å². The van der Waals surface area contributed by atoms with E-state index in [4.69, 9.17) is 9.72 Å². The molecule has 2 N–H and O–H groups in total. The number of aryl methyl sites for hydroxylation is 1. The quantitative estimate of drug-likeness (QED) is 0.272. The van der Waals surface area contributed by atoms with Gasteiger partial charge in [0.25, 0.3) is 0 Å². The molecule has 1 aliphatic carbocycles. The molecule has 0 bridgehead atoms. The summed E-state index contributed by atoms with van der Waals surface area (Å²) < 4.78 is 19.4. The Morgan fingerprint density at radius 1 is 0.971 bits per heavy atom. The number of benzene rings is 3. The highest BCUT2D eigenvalue weighted by Gasteiger charge is 2.21.